The topological polar surface area (TPSA) is 78.2 Å². The molecule has 6 heteroatoms. The van der Waals surface area contributed by atoms with Gasteiger partial charge in [-0.1, -0.05) is 6.07 Å². The number of likely N-dealkylation sites (N-methyl/N-ethyl adjacent to an activating group) is 1. The van der Waals surface area contributed by atoms with Crippen LogP contribution >= 0.6 is 0 Å². The maximum atomic E-state index is 12.0. The quantitative estimate of drug-likeness (QED) is 0.807. The minimum Gasteiger partial charge on any atom is -0.465 e. The van der Waals surface area contributed by atoms with E-state index in [2.05, 4.69) is 9.97 Å². The summed E-state index contributed by atoms with van der Waals surface area (Å²) < 4.78 is 5.08. The molecule has 1 heterocycles. The van der Waals surface area contributed by atoms with E-state index in [-0.39, 0.29) is 11.7 Å². The molecular weight excluding hydrogens is 246 g/mol. The van der Waals surface area contributed by atoms with Gasteiger partial charge in [0.1, 0.15) is 6.04 Å². The van der Waals surface area contributed by atoms with Crippen molar-refractivity contribution in [2.45, 2.75) is 13.0 Å². The highest BCUT2D eigenvalue weighted by molar-refractivity contribution is 5.81. The van der Waals surface area contributed by atoms with Crippen molar-refractivity contribution in [3.05, 3.63) is 34.2 Å². The molecule has 0 spiro atoms. The Bertz CT molecular complexity index is 642. The van der Waals surface area contributed by atoms with Crippen molar-refractivity contribution < 1.29 is 9.53 Å². The number of nitrogens with zero attached hydrogens (tertiary/aromatic N) is 1. The van der Waals surface area contributed by atoms with Crippen molar-refractivity contribution >= 4 is 17.0 Å². The highest BCUT2D eigenvalue weighted by Gasteiger charge is 2.24. The van der Waals surface area contributed by atoms with Crippen LogP contribution in [0.2, 0.25) is 0 Å². The predicted octanol–water partition coefficient (Wildman–Crippen LogP) is 1.02. The van der Waals surface area contributed by atoms with Crippen LogP contribution in [0.3, 0.4) is 0 Å². The lowest BCUT2D eigenvalue weighted by Crippen LogP contribution is -2.29. The van der Waals surface area contributed by atoms with E-state index >= 15 is 0 Å². The van der Waals surface area contributed by atoms with Gasteiger partial charge in [0.15, 0.2) is 0 Å². The number of nitrogens with one attached hydrogen (secondary N) is 2. The number of carbonyl (C=O) groups excluding carboxylic acids is 1. The summed E-state index contributed by atoms with van der Waals surface area (Å²) in [6.07, 6.45) is 0. The summed E-state index contributed by atoms with van der Waals surface area (Å²) in [4.78, 5) is 30.3. The third-order valence-electron chi connectivity index (χ3n) is 2.88. The number of rotatable bonds is 4. The lowest BCUT2D eigenvalue weighted by Gasteiger charge is -2.22. The summed E-state index contributed by atoms with van der Waals surface area (Å²) >= 11 is 0. The third kappa shape index (κ3) is 2.68. The van der Waals surface area contributed by atoms with Crippen molar-refractivity contribution in [1.82, 2.24) is 14.9 Å². The van der Waals surface area contributed by atoms with Crippen LogP contribution in [0, 0.1) is 0 Å². The molecule has 0 amide bonds. The average Bonchev–Trinajstić information content (AvgIpc) is 2.68. The molecule has 0 radical (unpaired) electrons. The van der Waals surface area contributed by atoms with Crippen LogP contribution in [0.15, 0.2) is 23.0 Å². The minimum absolute atomic E-state index is 0.260. The number of esters is 1. The number of aromatic amines is 2. The zero-order valence-electron chi connectivity index (χ0n) is 11.2. The monoisotopic (exact) mass is 263 g/mol. The number of carbonyl (C=O) groups is 1. The van der Waals surface area contributed by atoms with E-state index < -0.39 is 6.04 Å². The number of hydrogen-bond donors (Lipinski definition) is 2. The molecular formula is C13H17N3O3. The second-order valence-corrected chi connectivity index (χ2v) is 4.50. The minimum atomic E-state index is -0.484. The Balaban J connectivity index is 2.43. The Kier molecular flexibility index (Phi) is 3.71. The van der Waals surface area contributed by atoms with Gasteiger partial charge in [0, 0.05) is 0 Å². The van der Waals surface area contributed by atoms with Gasteiger partial charge < -0.3 is 14.7 Å². The molecule has 0 saturated heterocycles. The lowest BCUT2D eigenvalue weighted by molar-refractivity contribution is -0.148. The molecule has 19 heavy (non-hydrogen) atoms. The SMILES string of the molecule is CCOC(=O)C(c1ccc2[nH]c(=O)[nH]c2c1)N(C)C. The van der Waals surface area contributed by atoms with Crippen LogP contribution in [0.25, 0.3) is 11.0 Å². The first-order valence-electron chi connectivity index (χ1n) is 6.08. The van der Waals surface area contributed by atoms with Gasteiger partial charge >= 0.3 is 11.7 Å². The first-order chi connectivity index (χ1) is 9.02. The van der Waals surface area contributed by atoms with Crippen LogP contribution in [0.1, 0.15) is 18.5 Å². The molecule has 2 N–H and O–H groups in total. The zero-order chi connectivity index (χ0) is 14.0. The molecule has 102 valence electrons. The van der Waals surface area contributed by atoms with Gasteiger partial charge in [-0.25, -0.2) is 9.59 Å². The van der Waals surface area contributed by atoms with Crippen LogP contribution in [0.5, 0.6) is 0 Å². The van der Waals surface area contributed by atoms with E-state index in [0.29, 0.717) is 12.1 Å². The number of imidazole rings is 1. The average molecular weight is 263 g/mol. The Morgan fingerprint density at radius 2 is 2.00 bits per heavy atom. The van der Waals surface area contributed by atoms with E-state index in [4.69, 9.17) is 4.74 Å². The van der Waals surface area contributed by atoms with Gasteiger partial charge in [0.2, 0.25) is 0 Å². The molecule has 2 rings (SSSR count). The van der Waals surface area contributed by atoms with E-state index in [9.17, 15) is 9.59 Å². The van der Waals surface area contributed by atoms with E-state index in [1.807, 2.05) is 20.2 Å². The van der Waals surface area contributed by atoms with Gasteiger partial charge in [0.05, 0.1) is 17.6 Å². The first kappa shape index (κ1) is 13.4. The maximum absolute atomic E-state index is 12.0. The number of fused-ring (bicyclic) bond motifs is 1. The molecule has 6 nitrogen and oxygen atoms in total. The van der Waals surface area contributed by atoms with Gasteiger partial charge in [-0.05, 0) is 38.7 Å². The molecule has 1 atom stereocenters. The van der Waals surface area contributed by atoms with Crippen LogP contribution in [-0.2, 0) is 9.53 Å². The summed E-state index contributed by atoms with van der Waals surface area (Å²) in [5.41, 5.74) is 1.92. The zero-order valence-corrected chi connectivity index (χ0v) is 11.2. The molecule has 0 aliphatic carbocycles. The number of H-pyrrole nitrogens is 2. The van der Waals surface area contributed by atoms with E-state index in [1.54, 1.807) is 24.0 Å². The molecule has 2 aromatic rings. The van der Waals surface area contributed by atoms with E-state index in [1.165, 1.54) is 0 Å². The molecule has 1 unspecified atom stereocenters. The normalized spacial score (nSPS) is 12.8. The Labute approximate surface area is 110 Å². The number of aromatic nitrogens is 2. The van der Waals surface area contributed by atoms with Crippen molar-refractivity contribution in [1.29, 1.82) is 0 Å². The van der Waals surface area contributed by atoms with Crippen molar-refractivity contribution in [2.24, 2.45) is 0 Å². The predicted molar refractivity (Wildman–Crippen MR) is 72.0 cm³/mol. The van der Waals surface area contributed by atoms with Crippen LogP contribution in [0.4, 0.5) is 0 Å². The second-order valence-electron chi connectivity index (χ2n) is 4.50. The smallest absolute Gasteiger partial charge is 0.327 e. The fraction of sp³-hybridized carbons (Fsp3) is 0.385. The standard InChI is InChI=1S/C13H17N3O3/c1-4-19-12(17)11(16(2)3)8-5-6-9-10(7-8)15-13(18)14-9/h5-7,11H,4H2,1-3H3,(H2,14,15,18). The summed E-state index contributed by atoms with van der Waals surface area (Å²) in [5, 5.41) is 0. The first-order valence-corrected chi connectivity index (χ1v) is 6.08. The van der Waals surface area contributed by atoms with Gasteiger partial charge in [0.25, 0.3) is 0 Å². The second kappa shape index (κ2) is 5.27. The highest BCUT2D eigenvalue weighted by Crippen LogP contribution is 2.22. The summed E-state index contributed by atoms with van der Waals surface area (Å²) in [7, 11) is 3.62. The molecule has 0 aliphatic rings. The fourth-order valence-corrected chi connectivity index (χ4v) is 2.09. The summed E-state index contributed by atoms with van der Waals surface area (Å²) in [6, 6.07) is 4.89. The maximum Gasteiger partial charge on any atom is 0.327 e. The van der Waals surface area contributed by atoms with E-state index in [0.717, 1.165) is 11.1 Å². The van der Waals surface area contributed by atoms with Crippen LogP contribution < -0.4 is 5.69 Å². The third-order valence-corrected chi connectivity index (χ3v) is 2.88. The highest BCUT2D eigenvalue weighted by atomic mass is 16.5. The van der Waals surface area contributed by atoms with Crippen LogP contribution in [-0.4, -0.2) is 41.5 Å². The van der Waals surface area contributed by atoms with Gasteiger partial charge in [-0.15, -0.1) is 0 Å². The van der Waals surface area contributed by atoms with Crippen molar-refractivity contribution in [2.75, 3.05) is 20.7 Å². The van der Waals surface area contributed by atoms with Gasteiger partial charge in [-0.2, -0.15) is 0 Å². The largest absolute Gasteiger partial charge is 0.465 e. The number of benzene rings is 1. The molecule has 0 fully saturated rings. The molecule has 0 saturated carbocycles. The van der Waals surface area contributed by atoms with Gasteiger partial charge in [-0.3, -0.25) is 4.90 Å². The summed E-state index contributed by atoms with van der Waals surface area (Å²) in [6.45, 7) is 2.11. The Hall–Kier alpha value is -2.08. The Morgan fingerprint density at radius 3 is 2.63 bits per heavy atom. The number of ether oxygens (including phenoxy) is 1. The lowest BCUT2D eigenvalue weighted by atomic mass is 10.1. The molecule has 0 aliphatic heterocycles. The fourth-order valence-electron chi connectivity index (χ4n) is 2.09. The molecule has 1 aromatic carbocycles. The Morgan fingerprint density at radius 1 is 1.32 bits per heavy atom. The summed E-state index contributed by atoms with van der Waals surface area (Å²) in [5.74, 6) is -0.301. The number of hydrogen-bond acceptors (Lipinski definition) is 4. The van der Waals surface area contributed by atoms with Crippen molar-refractivity contribution in [3.8, 4) is 0 Å². The van der Waals surface area contributed by atoms with Crippen molar-refractivity contribution in [3.63, 3.8) is 0 Å². The molecule has 0 bridgehead atoms. The molecule has 1 aromatic heterocycles.